The number of hydrogen-bond donors (Lipinski definition) is 1. The molecule has 0 atom stereocenters. The van der Waals surface area contributed by atoms with Gasteiger partial charge in [-0.25, -0.2) is 9.59 Å². The van der Waals surface area contributed by atoms with Gasteiger partial charge in [0, 0.05) is 11.5 Å². The summed E-state index contributed by atoms with van der Waals surface area (Å²) in [5.41, 5.74) is 2.43. The minimum Gasteiger partial charge on any atom is -0.489 e. The molecule has 0 saturated carbocycles. The van der Waals surface area contributed by atoms with Crippen LogP contribution >= 0.6 is 0 Å². The predicted octanol–water partition coefficient (Wildman–Crippen LogP) is 4.74. The van der Waals surface area contributed by atoms with Crippen molar-refractivity contribution >= 4 is 16.9 Å². The molecule has 0 fully saturated rings. The third kappa shape index (κ3) is 3.64. The Hall–Kier alpha value is -3.86. The van der Waals surface area contributed by atoms with Gasteiger partial charge in [0.1, 0.15) is 17.9 Å². The van der Waals surface area contributed by atoms with Crippen molar-refractivity contribution < 1.29 is 19.1 Å². The van der Waals surface area contributed by atoms with Crippen molar-refractivity contribution in [1.82, 2.24) is 0 Å². The Labute approximate surface area is 160 Å². The van der Waals surface area contributed by atoms with Gasteiger partial charge in [-0.3, -0.25) is 0 Å². The van der Waals surface area contributed by atoms with Gasteiger partial charge in [-0.15, -0.1) is 0 Å². The molecule has 1 heterocycles. The van der Waals surface area contributed by atoms with Crippen molar-refractivity contribution in [3.8, 4) is 16.9 Å². The topological polar surface area (TPSA) is 76.7 Å². The fraction of sp³-hybridized carbons (Fsp3) is 0.0435. The molecule has 0 aliphatic rings. The van der Waals surface area contributed by atoms with Crippen molar-refractivity contribution in [2.24, 2.45) is 0 Å². The number of benzene rings is 3. The van der Waals surface area contributed by atoms with E-state index in [-0.39, 0.29) is 12.2 Å². The number of aromatic carboxylic acids is 1. The summed E-state index contributed by atoms with van der Waals surface area (Å²) in [6.45, 7) is 0.276. The first-order valence-electron chi connectivity index (χ1n) is 8.68. The van der Waals surface area contributed by atoms with E-state index in [0.717, 1.165) is 16.5 Å². The fourth-order valence-electron chi connectivity index (χ4n) is 2.91. The molecule has 0 amide bonds. The van der Waals surface area contributed by atoms with Crippen molar-refractivity contribution in [2.45, 2.75) is 6.61 Å². The first-order valence-corrected chi connectivity index (χ1v) is 8.68. The SMILES string of the molecule is O=C(O)c1ccc(COc2ccc3cc(-c4ccccc4)c(=O)oc3c2)cc1. The van der Waals surface area contributed by atoms with E-state index in [1.165, 1.54) is 12.1 Å². The lowest BCUT2D eigenvalue weighted by molar-refractivity contribution is 0.0697. The molecule has 28 heavy (non-hydrogen) atoms. The number of rotatable bonds is 5. The lowest BCUT2D eigenvalue weighted by Gasteiger charge is -2.08. The summed E-state index contributed by atoms with van der Waals surface area (Å²) < 4.78 is 11.2. The van der Waals surface area contributed by atoms with Gasteiger partial charge in [0.05, 0.1) is 11.1 Å². The smallest absolute Gasteiger partial charge is 0.344 e. The predicted molar refractivity (Wildman–Crippen MR) is 106 cm³/mol. The molecule has 0 bridgehead atoms. The van der Waals surface area contributed by atoms with E-state index in [9.17, 15) is 9.59 Å². The summed E-state index contributed by atoms with van der Waals surface area (Å²) in [6, 6.07) is 23.0. The van der Waals surface area contributed by atoms with E-state index < -0.39 is 11.6 Å². The molecule has 1 aromatic heterocycles. The molecule has 1 N–H and O–H groups in total. The number of ether oxygens (including phenoxy) is 1. The van der Waals surface area contributed by atoms with Crippen molar-refractivity contribution in [1.29, 1.82) is 0 Å². The standard InChI is InChI=1S/C23H16O5/c24-22(25)17-8-6-15(7-9-17)14-27-19-11-10-18-12-20(16-4-2-1-3-5-16)23(26)28-21(18)13-19/h1-13H,14H2,(H,24,25). The molecule has 3 aromatic carbocycles. The highest BCUT2D eigenvalue weighted by Gasteiger charge is 2.09. The summed E-state index contributed by atoms with van der Waals surface area (Å²) in [5.74, 6) is -0.405. The maximum atomic E-state index is 12.4. The van der Waals surface area contributed by atoms with Crippen LogP contribution in [0.3, 0.4) is 0 Å². The number of carboxylic acid groups (broad SMARTS) is 1. The monoisotopic (exact) mass is 372 g/mol. The van der Waals surface area contributed by atoms with Crippen LogP contribution in [0.1, 0.15) is 15.9 Å². The molecule has 4 rings (SSSR count). The Morgan fingerprint density at radius 1 is 0.929 bits per heavy atom. The first kappa shape index (κ1) is 17.5. The van der Waals surface area contributed by atoms with E-state index in [1.54, 1.807) is 18.2 Å². The summed E-state index contributed by atoms with van der Waals surface area (Å²) in [5, 5.41) is 9.73. The van der Waals surface area contributed by atoms with Gasteiger partial charge in [-0.2, -0.15) is 0 Å². The molecule has 0 unspecified atom stereocenters. The van der Waals surface area contributed by atoms with Crippen LogP contribution in [0.5, 0.6) is 5.75 Å². The second-order valence-electron chi connectivity index (χ2n) is 6.30. The Kier molecular flexibility index (Phi) is 4.64. The quantitative estimate of drug-likeness (QED) is 0.512. The Morgan fingerprint density at radius 3 is 2.39 bits per heavy atom. The molecule has 0 aliphatic heterocycles. The van der Waals surface area contributed by atoms with E-state index in [4.69, 9.17) is 14.3 Å². The average molecular weight is 372 g/mol. The molecule has 0 saturated heterocycles. The zero-order chi connectivity index (χ0) is 19.5. The van der Waals surface area contributed by atoms with Crippen LogP contribution in [0.4, 0.5) is 0 Å². The van der Waals surface area contributed by atoms with Gasteiger partial charge >= 0.3 is 11.6 Å². The summed E-state index contributed by atoms with van der Waals surface area (Å²) in [6.07, 6.45) is 0. The molecule has 5 nitrogen and oxygen atoms in total. The van der Waals surface area contributed by atoms with Crippen LogP contribution in [0.15, 0.2) is 88.1 Å². The second kappa shape index (κ2) is 7.40. The number of carbonyl (C=O) groups is 1. The van der Waals surface area contributed by atoms with Crippen molar-refractivity contribution in [3.63, 3.8) is 0 Å². The number of fused-ring (bicyclic) bond motifs is 1. The largest absolute Gasteiger partial charge is 0.489 e. The van der Waals surface area contributed by atoms with Gasteiger partial charge in [0.15, 0.2) is 0 Å². The average Bonchev–Trinajstić information content (AvgIpc) is 2.72. The zero-order valence-corrected chi connectivity index (χ0v) is 14.8. The third-order valence-corrected chi connectivity index (χ3v) is 4.40. The van der Waals surface area contributed by atoms with Gasteiger partial charge in [0.25, 0.3) is 0 Å². The molecule has 0 aliphatic carbocycles. The maximum absolute atomic E-state index is 12.4. The lowest BCUT2D eigenvalue weighted by atomic mass is 10.1. The minimum atomic E-state index is -0.966. The molecule has 0 spiro atoms. The van der Waals surface area contributed by atoms with Crippen LogP contribution in [0.2, 0.25) is 0 Å². The van der Waals surface area contributed by atoms with Crippen molar-refractivity contribution in [3.05, 3.63) is 100 Å². The van der Waals surface area contributed by atoms with Crippen LogP contribution < -0.4 is 10.4 Å². The van der Waals surface area contributed by atoms with E-state index in [1.807, 2.05) is 48.5 Å². The van der Waals surface area contributed by atoms with Crippen LogP contribution in [-0.4, -0.2) is 11.1 Å². The van der Waals surface area contributed by atoms with Gasteiger partial charge < -0.3 is 14.3 Å². The lowest BCUT2D eigenvalue weighted by Crippen LogP contribution is -2.03. The molecular weight excluding hydrogens is 356 g/mol. The molecular formula is C23H16O5. The third-order valence-electron chi connectivity index (χ3n) is 4.40. The van der Waals surface area contributed by atoms with E-state index >= 15 is 0 Å². The van der Waals surface area contributed by atoms with Gasteiger partial charge in [0.2, 0.25) is 0 Å². The highest BCUT2D eigenvalue weighted by Crippen LogP contribution is 2.25. The molecule has 0 radical (unpaired) electrons. The Morgan fingerprint density at radius 2 is 1.68 bits per heavy atom. The summed E-state index contributed by atoms with van der Waals surface area (Å²) >= 11 is 0. The molecule has 138 valence electrons. The molecule has 5 heteroatoms. The normalized spacial score (nSPS) is 10.7. The zero-order valence-electron chi connectivity index (χ0n) is 14.8. The second-order valence-corrected chi connectivity index (χ2v) is 6.30. The molecule has 4 aromatic rings. The highest BCUT2D eigenvalue weighted by atomic mass is 16.5. The summed E-state index contributed by atoms with van der Waals surface area (Å²) in [4.78, 5) is 23.2. The Bertz CT molecular complexity index is 1190. The first-order chi connectivity index (χ1) is 13.6. The van der Waals surface area contributed by atoms with Crippen LogP contribution in [0, 0.1) is 0 Å². The van der Waals surface area contributed by atoms with E-state index in [2.05, 4.69) is 0 Å². The fourth-order valence-corrected chi connectivity index (χ4v) is 2.91. The van der Waals surface area contributed by atoms with Crippen LogP contribution in [-0.2, 0) is 6.61 Å². The Balaban J connectivity index is 1.56. The minimum absolute atomic E-state index is 0.227. The summed E-state index contributed by atoms with van der Waals surface area (Å²) in [7, 11) is 0. The van der Waals surface area contributed by atoms with Gasteiger partial charge in [-0.1, -0.05) is 42.5 Å². The van der Waals surface area contributed by atoms with Crippen molar-refractivity contribution in [2.75, 3.05) is 0 Å². The number of carboxylic acids is 1. The maximum Gasteiger partial charge on any atom is 0.344 e. The number of hydrogen-bond acceptors (Lipinski definition) is 4. The highest BCUT2D eigenvalue weighted by molar-refractivity contribution is 5.87. The van der Waals surface area contributed by atoms with E-state index in [0.29, 0.717) is 16.9 Å². The van der Waals surface area contributed by atoms with Gasteiger partial charge in [-0.05, 0) is 41.5 Å². The van der Waals surface area contributed by atoms with Crippen LogP contribution in [0.25, 0.3) is 22.1 Å².